The van der Waals surface area contributed by atoms with Crippen molar-refractivity contribution in [2.45, 2.75) is 0 Å². The largest absolute Gasteiger partial charge is 0.451 e. The SMILES string of the molecule is N#Cc1ccccc1N1CCN(c2c(F)cc3c(=O)c(C(=O)N4CCOCC4)cn4c3c2Oc2cc3ccccc3cc2-4)CC1. The van der Waals surface area contributed by atoms with E-state index in [2.05, 4.69) is 11.0 Å². The first-order valence-corrected chi connectivity index (χ1v) is 15.0. The van der Waals surface area contributed by atoms with Gasteiger partial charge in [0, 0.05) is 45.5 Å². The van der Waals surface area contributed by atoms with Gasteiger partial charge in [-0.15, -0.1) is 0 Å². The molecule has 4 heterocycles. The van der Waals surface area contributed by atoms with Gasteiger partial charge in [-0.2, -0.15) is 5.26 Å². The molecule has 0 saturated carbocycles. The van der Waals surface area contributed by atoms with Crippen molar-refractivity contribution in [2.75, 3.05) is 62.3 Å². The molecule has 0 atom stereocenters. The minimum atomic E-state index is -0.591. The Morgan fingerprint density at radius 3 is 2.29 bits per heavy atom. The molecule has 0 spiro atoms. The van der Waals surface area contributed by atoms with Gasteiger partial charge in [0.25, 0.3) is 5.91 Å². The van der Waals surface area contributed by atoms with Crippen molar-refractivity contribution >= 4 is 39.0 Å². The van der Waals surface area contributed by atoms with E-state index in [-0.39, 0.29) is 22.4 Å². The van der Waals surface area contributed by atoms with Gasteiger partial charge in [-0.05, 0) is 41.1 Å². The van der Waals surface area contributed by atoms with Crippen molar-refractivity contribution in [3.05, 3.63) is 100 Å². The molecule has 3 aliphatic heterocycles. The number of ether oxygens (including phenoxy) is 2. The summed E-state index contributed by atoms with van der Waals surface area (Å²) in [6.45, 7) is 3.63. The van der Waals surface area contributed by atoms with Crippen LogP contribution in [0.3, 0.4) is 0 Å². The Bertz CT molecular complexity index is 2120. The Morgan fingerprint density at radius 2 is 1.53 bits per heavy atom. The molecule has 1 aromatic heterocycles. The topological polar surface area (TPSA) is 91.0 Å². The zero-order valence-corrected chi connectivity index (χ0v) is 24.3. The number of carbonyl (C=O) groups excluding carboxylic acids is 1. The number of nitriles is 1. The highest BCUT2D eigenvalue weighted by Gasteiger charge is 2.33. The molecule has 45 heavy (non-hydrogen) atoms. The standard InChI is InChI=1S/C35H28FN5O4/c36-27-19-25-31-34(32(27)39-11-9-38(10-12-39)28-8-4-3-7-24(28)20-37)45-30-18-23-6-2-1-5-22(23)17-29(30)41(31)21-26(33(25)42)35(43)40-13-15-44-16-14-40/h1-8,17-19,21H,9-16H2. The number of hydrogen-bond acceptors (Lipinski definition) is 7. The summed E-state index contributed by atoms with van der Waals surface area (Å²) in [6.07, 6.45) is 1.58. The van der Waals surface area contributed by atoms with Crippen LogP contribution in [0.5, 0.6) is 11.5 Å². The number of nitrogens with zero attached hydrogens (tertiary/aromatic N) is 5. The minimum absolute atomic E-state index is 0.0201. The predicted molar refractivity (Wildman–Crippen MR) is 169 cm³/mol. The van der Waals surface area contributed by atoms with E-state index < -0.39 is 17.2 Å². The smallest absolute Gasteiger partial charge is 0.259 e. The van der Waals surface area contributed by atoms with E-state index in [1.807, 2.05) is 64.1 Å². The van der Waals surface area contributed by atoms with E-state index in [0.717, 1.165) is 16.5 Å². The molecule has 0 unspecified atom stereocenters. The molecule has 2 saturated heterocycles. The lowest BCUT2D eigenvalue weighted by Gasteiger charge is -2.39. The molecule has 0 aliphatic carbocycles. The highest BCUT2D eigenvalue weighted by Crippen LogP contribution is 2.47. The highest BCUT2D eigenvalue weighted by molar-refractivity contribution is 6.02. The van der Waals surface area contributed by atoms with E-state index >= 15 is 4.39 Å². The van der Waals surface area contributed by atoms with Gasteiger partial charge in [-0.3, -0.25) is 9.59 Å². The fraction of sp³-hybridized carbons (Fsp3) is 0.229. The van der Waals surface area contributed by atoms with Gasteiger partial charge in [0.2, 0.25) is 5.43 Å². The second-order valence-electron chi connectivity index (χ2n) is 11.5. The summed E-state index contributed by atoms with van der Waals surface area (Å²) < 4.78 is 30.1. The average Bonchev–Trinajstić information content (AvgIpc) is 3.08. The summed E-state index contributed by atoms with van der Waals surface area (Å²) in [5.41, 5.74) is 2.26. The normalized spacial score (nSPS) is 16.0. The van der Waals surface area contributed by atoms with Gasteiger partial charge in [0.05, 0.1) is 35.5 Å². The van der Waals surface area contributed by atoms with Crippen LogP contribution in [0.2, 0.25) is 0 Å². The monoisotopic (exact) mass is 601 g/mol. The fourth-order valence-electron chi connectivity index (χ4n) is 6.69. The Morgan fingerprint density at radius 1 is 0.844 bits per heavy atom. The van der Waals surface area contributed by atoms with Gasteiger partial charge >= 0.3 is 0 Å². The van der Waals surface area contributed by atoms with Crippen LogP contribution in [0.25, 0.3) is 27.4 Å². The summed E-state index contributed by atoms with van der Waals surface area (Å²) in [6, 6.07) is 22.7. The number of fused-ring (bicyclic) bond motifs is 3. The molecule has 4 aromatic carbocycles. The van der Waals surface area contributed by atoms with Crippen molar-refractivity contribution in [3.8, 4) is 23.3 Å². The van der Waals surface area contributed by atoms with Crippen LogP contribution in [0.1, 0.15) is 15.9 Å². The summed E-state index contributed by atoms with van der Waals surface area (Å²) in [5, 5.41) is 11.6. The second-order valence-corrected chi connectivity index (χ2v) is 11.5. The van der Waals surface area contributed by atoms with Crippen LogP contribution in [-0.4, -0.2) is 67.9 Å². The number of hydrogen-bond donors (Lipinski definition) is 0. The molecule has 8 rings (SSSR count). The van der Waals surface area contributed by atoms with E-state index in [0.29, 0.717) is 75.0 Å². The fourth-order valence-corrected chi connectivity index (χ4v) is 6.69. The first-order valence-electron chi connectivity index (χ1n) is 15.0. The zero-order valence-electron chi connectivity index (χ0n) is 24.3. The third-order valence-electron chi connectivity index (χ3n) is 8.96. The maximum Gasteiger partial charge on any atom is 0.259 e. The first-order chi connectivity index (χ1) is 22.0. The van der Waals surface area contributed by atoms with Crippen molar-refractivity contribution < 1.29 is 18.7 Å². The lowest BCUT2D eigenvalue weighted by atomic mass is 10.0. The molecule has 3 aliphatic rings. The second kappa shape index (κ2) is 10.6. The Hall–Kier alpha value is -5.40. The molecule has 5 aromatic rings. The summed E-state index contributed by atoms with van der Waals surface area (Å²) in [7, 11) is 0. The number of amides is 1. The lowest BCUT2D eigenvalue weighted by Crippen LogP contribution is -2.47. The van der Waals surface area contributed by atoms with Crippen molar-refractivity contribution in [3.63, 3.8) is 0 Å². The molecular formula is C35H28FN5O4. The molecule has 0 N–H and O–H groups in total. The van der Waals surface area contributed by atoms with Crippen LogP contribution in [0, 0.1) is 17.1 Å². The highest BCUT2D eigenvalue weighted by atomic mass is 19.1. The summed E-state index contributed by atoms with van der Waals surface area (Å²) in [4.78, 5) is 33.2. The van der Waals surface area contributed by atoms with Crippen LogP contribution >= 0.6 is 0 Å². The molecular weight excluding hydrogens is 573 g/mol. The van der Waals surface area contributed by atoms with Crippen molar-refractivity contribution in [1.82, 2.24) is 9.47 Å². The van der Waals surface area contributed by atoms with E-state index in [1.165, 1.54) is 6.07 Å². The molecule has 0 bridgehead atoms. The molecule has 224 valence electrons. The van der Waals surface area contributed by atoms with Crippen molar-refractivity contribution in [2.24, 2.45) is 0 Å². The van der Waals surface area contributed by atoms with E-state index in [4.69, 9.17) is 9.47 Å². The molecule has 1 amide bonds. The Kier molecular flexibility index (Phi) is 6.43. The number of anilines is 2. The number of benzene rings is 4. The molecule has 10 heteroatoms. The molecule has 2 fully saturated rings. The number of carbonyl (C=O) groups is 1. The van der Waals surface area contributed by atoms with Crippen LogP contribution in [0.4, 0.5) is 15.8 Å². The van der Waals surface area contributed by atoms with Gasteiger partial charge in [-0.1, -0.05) is 36.4 Å². The number of morpholine rings is 1. The van der Waals surface area contributed by atoms with Gasteiger partial charge in [-0.25, -0.2) is 4.39 Å². The lowest BCUT2D eigenvalue weighted by molar-refractivity contribution is 0.0301. The number of halogens is 1. The Balaban J connectivity index is 1.28. The zero-order chi connectivity index (χ0) is 30.7. The molecule has 0 radical (unpaired) electrons. The number of aromatic nitrogens is 1. The maximum atomic E-state index is 16.3. The average molecular weight is 602 g/mol. The predicted octanol–water partition coefficient (Wildman–Crippen LogP) is 5.06. The third-order valence-corrected chi connectivity index (χ3v) is 8.96. The first kappa shape index (κ1) is 27.2. The van der Waals surface area contributed by atoms with Crippen LogP contribution < -0.4 is 20.0 Å². The van der Waals surface area contributed by atoms with E-state index in [9.17, 15) is 14.9 Å². The van der Waals surface area contributed by atoms with Crippen LogP contribution in [0.15, 0.2) is 77.7 Å². The van der Waals surface area contributed by atoms with Gasteiger partial charge in [0.15, 0.2) is 17.3 Å². The number of piperazine rings is 1. The third kappa shape index (κ3) is 4.38. The number of para-hydroxylation sites is 1. The van der Waals surface area contributed by atoms with Gasteiger partial charge < -0.3 is 28.7 Å². The van der Waals surface area contributed by atoms with Crippen LogP contribution in [-0.2, 0) is 4.74 Å². The van der Waals surface area contributed by atoms with E-state index in [1.54, 1.807) is 17.2 Å². The maximum absolute atomic E-state index is 16.3. The number of pyridine rings is 1. The summed E-state index contributed by atoms with van der Waals surface area (Å²) in [5.74, 6) is -0.236. The number of rotatable bonds is 3. The Labute approximate surface area is 257 Å². The van der Waals surface area contributed by atoms with Gasteiger partial charge in [0.1, 0.15) is 22.8 Å². The van der Waals surface area contributed by atoms with Crippen molar-refractivity contribution in [1.29, 1.82) is 5.26 Å². The summed E-state index contributed by atoms with van der Waals surface area (Å²) >= 11 is 0. The molecule has 9 nitrogen and oxygen atoms in total. The quantitative estimate of drug-likeness (QED) is 0.280. The minimum Gasteiger partial charge on any atom is -0.451 e.